The van der Waals surface area contributed by atoms with Gasteiger partial charge in [-0.1, -0.05) is 0 Å². The van der Waals surface area contributed by atoms with E-state index in [0.29, 0.717) is 11.3 Å². The molecule has 0 saturated carbocycles. The van der Waals surface area contributed by atoms with Crippen LogP contribution < -0.4 is 10.5 Å². The van der Waals surface area contributed by atoms with Gasteiger partial charge in [-0.25, -0.2) is 13.4 Å². The molecular weight excluding hydrogens is 300 g/mol. The van der Waals surface area contributed by atoms with E-state index >= 15 is 0 Å². The van der Waals surface area contributed by atoms with Crippen LogP contribution in [0.1, 0.15) is 11.1 Å². The number of rotatable bonds is 3. The van der Waals surface area contributed by atoms with Crippen molar-refractivity contribution in [1.29, 1.82) is 0 Å². The predicted octanol–water partition coefficient (Wildman–Crippen LogP) is 2.13. The van der Waals surface area contributed by atoms with Gasteiger partial charge in [-0.05, 0) is 54.8 Å². The zero-order chi connectivity index (χ0) is 14.9. The van der Waals surface area contributed by atoms with Crippen molar-refractivity contribution in [2.24, 2.45) is 0 Å². The summed E-state index contributed by atoms with van der Waals surface area (Å²) in [4.78, 5) is 7.59. The fourth-order valence-electron chi connectivity index (χ4n) is 1.72. The standard InChI is InChI=1S/C12H13ClN4O2S/c1-7-5-9(14)6-10(8(7)2)20(18,19)17-11-3-4-15-12(13)16-11/h3-6H,14H2,1-2H3,(H,15,16,17). The van der Waals surface area contributed by atoms with E-state index in [2.05, 4.69) is 14.7 Å². The number of sulfonamides is 1. The van der Waals surface area contributed by atoms with E-state index in [-0.39, 0.29) is 16.0 Å². The second-order valence-electron chi connectivity index (χ2n) is 4.28. The van der Waals surface area contributed by atoms with Gasteiger partial charge < -0.3 is 5.73 Å². The Morgan fingerprint density at radius 3 is 2.65 bits per heavy atom. The fourth-order valence-corrected chi connectivity index (χ4v) is 3.22. The lowest BCUT2D eigenvalue weighted by atomic mass is 10.1. The van der Waals surface area contributed by atoms with E-state index in [1.807, 2.05) is 0 Å². The molecule has 20 heavy (non-hydrogen) atoms. The summed E-state index contributed by atoms with van der Waals surface area (Å²) in [6, 6.07) is 4.54. The van der Waals surface area contributed by atoms with Crippen molar-refractivity contribution in [3.63, 3.8) is 0 Å². The lowest BCUT2D eigenvalue weighted by Crippen LogP contribution is -2.16. The molecule has 0 aliphatic carbocycles. The maximum Gasteiger partial charge on any atom is 0.263 e. The summed E-state index contributed by atoms with van der Waals surface area (Å²) in [5, 5.41) is -0.0364. The van der Waals surface area contributed by atoms with Crippen molar-refractivity contribution in [3.8, 4) is 0 Å². The molecule has 0 unspecified atom stereocenters. The number of benzene rings is 1. The van der Waals surface area contributed by atoms with Gasteiger partial charge in [0.2, 0.25) is 5.28 Å². The van der Waals surface area contributed by atoms with Crippen LogP contribution in [0.15, 0.2) is 29.3 Å². The number of nitrogens with two attached hydrogens (primary N) is 1. The van der Waals surface area contributed by atoms with Gasteiger partial charge in [-0.15, -0.1) is 0 Å². The molecule has 0 aliphatic rings. The van der Waals surface area contributed by atoms with Crippen LogP contribution in [-0.4, -0.2) is 18.4 Å². The quantitative estimate of drug-likeness (QED) is 0.668. The number of aromatic nitrogens is 2. The molecule has 0 spiro atoms. The number of halogens is 1. The van der Waals surface area contributed by atoms with Crippen molar-refractivity contribution in [2.75, 3.05) is 10.5 Å². The van der Waals surface area contributed by atoms with Gasteiger partial charge in [0.25, 0.3) is 10.0 Å². The highest BCUT2D eigenvalue weighted by atomic mass is 35.5. The number of hydrogen-bond acceptors (Lipinski definition) is 5. The van der Waals surface area contributed by atoms with Gasteiger partial charge in [0.1, 0.15) is 5.82 Å². The van der Waals surface area contributed by atoms with Gasteiger partial charge in [0.15, 0.2) is 0 Å². The lowest BCUT2D eigenvalue weighted by Gasteiger charge is -2.12. The van der Waals surface area contributed by atoms with Crippen LogP contribution >= 0.6 is 11.6 Å². The number of nitrogens with zero attached hydrogens (tertiary/aromatic N) is 2. The fraction of sp³-hybridized carbons (Fsp3) is 0.167. The summed E-state index contributed by atoms with van der Waals surface area (Å²) >= 11 is 5.62. The number of nitrogen functional groups attached to an aromatic ring is 1. The highest BCUT2D eigenvalue weighted by molar-refractivity contribution is 7.92. The first kappa shape index (κ1) is 14.5. The third kappa shape index (κ3) is 3.00. The number of nitrogens with one attached hydrogen (secondary N) is 1. The zero-order valence-corrected chi connectivity index (χ0v) is 12.5. The van der Waals surface area contributed by atoms with Crippen LogP contribution in [0.2, 0.25) is 5.28 Å². The van der Waals surface area contributed by atoms with E-state index in [0.717, 1.165) is 5.56 Å². The number of hydrogen-bond donors (Lipinski definition) is 2. The summed E-state index contributed by atoms with van der Waals surface area (Å²) in [6.45, 7) is 3.52. The molecule has 1 aromatic carbocycles. The molecule has 0 bridgehead atoms. The van der Waals surface area contributed by atoms with Crippen LogP contribution in [0.3, 0.4) is 0 Å². The van der Waals surface area contributed by atoms with Crippen molar-refractivity contribution in [1.82, 2.24) is 9.97 Å². The summed E-state index contributed by atoms with van der Waals surface area (Å²) in [5.41, 5.74) is 7.52. The van der Waals surface area contributed by atoms with Gasteiger partial charge in [-0.2, -0.15) is 4.98 Å². The molecule has 1 heterocycles. The minimum Gasteiger partial charge on any atom is -0.399 e. The summed E-state index contributed by atoms with van der Waals surface area (Å²) in [5.74, 6) is 0.101. The Hall–Kier alpha value is -1.86. The Morgan fingerprint density at radius 2 is 2.00 bits per heavy atom. The second kappa shape index (κ2) is 5.26. The Bertz CT molecular complexity index is 762. The average molecular weight is 313 g/mol. The highest BCUT2D eigenvalue weighted by Crippen LogP contribution is 2.24. The largest absolute Gasteiger partial charge is 0.399 e. The first-order chi connectivity index (χ1) is 9.29. The van der Waals surface area contributed by atoms with Crippen molar-refractivity contribution >= 4 is 33.1 Å². The van der Waals surface area contributed by atoms with Crippen LogP contribution in [0.5, 0.6) is 0 Å². The normalized spacial score (nSPS) is 11.3. The average Bonchev–Trinajstić information content (AvgIpc) is 2.33. The molecule has 0 fully saturated rings. The molecular formula is C12H13ClN4O2S. The third-order valence-electron chi connectivity index (χ3n) is 2.80. The maximum absolute atomic E-state index is 12.4. The first-order valence-corrected chi connectivity index (χ1v) is 7.54. The molecule has 8 heteroatoms. The smallest absolute Gasteiger partial charge is 0.263 e. The summed E-state index contributed by atoms with van der Waals surface area (Å²) < 4.78 is 27.1. The van der Waals surface area contributed by atoms with E-state index < -0.39 is 10.0 Å². The molecule has 0 amide bonds. The Labute approximate surface area is 122 Å². The van der Waals surface area contributed by atoms with E-state index in [9.17, 15) is 8.42 Å². The predicted molar refractivity (Wildman–Crippen MR) is 78.2 cm³/mol. The van der Waals surface area contributed by atoms with E-state index in [1.165, 1.54) is 18.3 Å². The Morgan fingerprint density at radius 1 is 1.30 bits per heavy atom. The number of aryl methyl sites for hydroxylation is 1. The highest BCUT2D eigenvalue weighted by Gasteiger charge is 2.19. The molecule has 0 saturated heterocycles. The van der Waals surface area contributed by atoms with Crippen LogP contribution in [0, 0.1) is 13.8 Å². The maximum atomic E-state index is 12.4. The molecule has 106 valence electrons. The molecule has 1 aromatic heterocycles. The summed E-state index contributed by atoms with van der Waals surface area (Å²) in [7, 11) is -3.78. The van der Waals surface area contributed by atoms with Crippen LogP contribution in [-0.2, 0) is 10.0 Å². The van der Waals surface area contributed by atoms with Gasteiger partial charge in [0.05, 0.1) is 4.90 Å². The molecule has 0 atom stereocenters. The number of anilines is 2. The minimum atomic E-state index is -3.78. The lowest BCUT2D eigenvalue weighted by molar-refractivity contribution is 0.600. The van der Waals surface area contributed by atoms with Crippen LogP contribution in [0.4, 0.5) is 11.5 Å². The third-order valence-corrected chi connectivity index (χ3v) is 4.46. The van der Waals surface area contributed by atoms with Gasteiger partial charge >= 0.3 is 0 Å². The monoisotopic (exact) mass is 312 g/mol. The van der Waals surface area contributed by atoms with Crippen molar-refractivity contribution in [3.05, 3.63) is 40.8 Å². The van der Waals surface area contributed by atoms with Crippen molar-refractivity contribution < 1.29 is 8.42 Å². The van der Waals surface area contributed by atoms with Crippen molar-refractivity contribution in [2.45, 2.75) is 18.7 Å². The van der Waals surface area contributed by atoms with Gasteiger partial charge in [-0.3, -0.25) is 4.72 Å². The topological polar surface area (TPSA) is 98.0 Å². The molecule has 2 rings (SSSR count). The molecule has 0 radical (unpaired) electrons. The molecule has 6 nitrogen and oxygen atoms in total. The molecule has 0 aliphatic heterocycles. The van der Waals surface area contributed by atoms with Gasteiger partial charge in [0, 0.05) is 11.9 Å². The second-order valence-corrected chi connectivity index (χ2v) is 6.27. The van der Waals surface area contributed by atoms with Crippen LogP contribution in [0.25, 0.3) is 0 Å². The molecule has 3 N–H and O–H groups in total. The molecule has 2 aromatic rings. The van der Waals surface area contributed by atoms with E-state index in [4.69, 9.17) is 17.3 Å². The van der Waals surface area contributed by atoms with E-state index in [1.54, 1.807) is 19.9 Å². The minimum absolute atomic E-state index is 0.0364. The SMILES string of the molecule is Cc1cc(N)cc(S(=O)(=O)Nc2ccnc(Cl)n2)c1C. The Balaban J connectivity index is 2.46. The summed E-state index contributed by atoms with van der Waals surface area (Å²) in [6.07, 6.45) is 1.37. The Kier molecular flexibility index (Phi) is 3.82. The zero-order valence-electron chi connectivity index (χ0n) is 10.9. The first-order valence-electron chi connectivity index (χ1n) is 5.67.